The number of carbonyl (C=O) groups excluding carboxylic acids is 1. The van der Waals surface area contributed by atoms with Crippen molar-refractivity contribution in [2.75, 3.05) is 11.6 Å². The van der Waals surface area contributed by atoms with E-state index < -0.39 is 5.51 Å². The molecule has 0 aliphatic heterocycles. The largest absolute Gasteiger partial charge is 0.446 e. The summed E-state index contributed by atoms with van der Waals surface area (Å²) >= 11 is 7.49. The van der Waals surface area contributed by atoms with Gasteiger partial charge in [0.15, 0.2) is 0 Å². The maximum Gasteiger partial charge on any atom is 0.446 e. The van der Waals surface area contributed by atoms with Crippen LogP contribution < -0.4 is 5.32 Å². The van der Waals surface area contributed by atoms with Crippen molar-refractivity contribution < 1.29 is 18.0 Å². The minimum Gasteiger partial charge on any atom is -0.321 e. The van der Waals surface area contributed by atoms with Gasteiger partial charge < -0.3 is 5.32 Å². The Morgan fingerprint density at radius 2 is 1.89 bits per heavy atom. The number of halogens is 4. The van der Waals surface area contributed by atoms with Crippen molar-refractivity contribution in [3.8, 4) is 0 Å². The van der Waals surface area contributed by atoms with Crippen LogP contribution in [0.5, 0.6) is 0 Å². The Kier molecular flexibility index (Phi) is 6.27. The van der Waals surface area contributed by atoms with Gasteiger partial charge in [0.25, 0.3) is 5.91 Å². The number of carbonyl (C=O) groups is 1. The summed E-state index contributed by atoms with van der Waals surface area (Å²) in [6, 6.07) is 6.00. The van der Waals surface area contributed by atoms with Gasteiger partial charge in [0, 0.05) is 15.4 Å². The van der Waals surface area contributed by atoms with Gasteiger partial charge in [0.1, 0.15) is 0 Å². The Bertz CT molecular complexity index is 927. The Balaban J connectivity index is 1.91. The van der Waals surface area contributed by atoms with E-state index in [2.05, 4.69) is 11.4 Å². The summed E-state index contributed by atoms with van der Waals surface area (Å²) in [4.78, 5) is 14.1. The van der Waals surface area contributed by atoms with E-state index in [1.54, 1.807) is 11.8 Å². The summed E-state index contributed by atoms with van der Waals surface area (Å²) in [5.74, 6) is 0.0999. The average Bonchev–Trinajstić information content (AvgIpc) is 3.40. The van der Waals surface area contributed by atoms with Crippen molar-refractivity contribution in [1.29, 1.82) is 0 Å². The van der Waals surface area contributed by atoms with Crippen LogP contribution in [0.2, 0.25) is 5.02 Å². The zero-order chi connectivity index (χ0) is 20.6. The van der Waals surface area contributed by atoms with Gasteiger partial charge in [-0.15, -0.1) is 11.8 Å². The van der Waals surface area contributed by atoms with E-state index in [1.165, 1.54) is 18.2 Å². The Hall–Kier alpha value is -1.31. The average molecular weight is 446 g/mol. The number of aryl methyl sites for hydroxylation is 1. The molecular weight excluding hydrogens is 427 g/mol. The second-order valence-corrected chi connectivity index (χ2v) is 9.10. The van der Waals surface area contributed by atoms with Gasteiger partial charge in [-0.1, -0.05) is 17.7 Å². The van der Waals surface area contributed by atoms with Crippen LogP contribution in [0.1, 0.15) is 45.8 Å². The van der Waals surface area contributed by atoms with Crippen LogP contribution in [0.15, 0.2) is 34.1 Å². The first-order chi connectivity index (χ1) is 13.1. The molecule has 1 N–H and O–H groups in total. The molecule has 0 radical (unpaired) electrons. The van der Waals surface area contributed by atoms with Crippen molar-refractivity contribution >= 4 is 46.7 Å². The van der Waals surface area contributed by atoms with E-state index in [9.17, 15) is 18.0 Å². The molecule has 1 saturated carbocycles. The molecule has 0 bridgehead atoms. The molecule has 2 aromatic rings. The predicted molar refractivity (Wildman–Crippen MR) is 111 cm³/mol. The number of amides is 1. The molecule has 0 unspecified atom stereocenters. The van der Waals surface area contributed by atoms with E-state index in [-0.39, 0.29) is 27.6 Å². The highest BCUT2D eigenvalue weighted by atomic mass is 35.5. The molecule has 1 fully saturated rings. The van der Waals surface area contributed by atoms with E-state index in [0.29, 0.717) is 17.2 Å². The number of rotatable bonds is 5. The van der Waals surface area contributed by atoms with Crippen LogP contribution in [0.4, 0.5) is 18.9 Å². The minimum atomic E-state index is -4.39. The molecule has 1 aliphatic carbocycles. The van der Waals surface area contributed by atoms with E-state index in [4.69, 9.17) is 11.6 Å². The molecule has 0 atom stereocenters. The van der Waals surface area contributed by atoms with Crippen LogP contribution >= 0.6 is 35.1 Å². The minimum absolute atomic E-state index is 0.0228. The standard InChI is InChI=1S/C20H19ClF3NOS2/c1-10-8-14(12-4-5-12)17(11(2)18(10)27-3)19(26)25-16-7-6-13(9-15(16)21)28-20(22,23)24/h6-9,12H,4-5H2,1-3H3,(H,25,26). The molecule has 0 saturated heterocycles. The molecular formula is C20H19ClF3NOS2. The molecule has 2 aromatic carbocycles. The summed E-state index contributed by atoms with van der Waals surface area (Å²) < 4.78 is 37.6. The van der Waals surface area contributed by atoms with Crippen LogP contribution in [-0.2, 0) is 0 Å². The lowest BCUT2D eigenvalue weighted by Gasteiger charge is -2.18. The molecule has 28 heavy (non-hydrogen) atoms. The Morgan fingerprint density at radius 3 is 2.43 bits per heavy atom. The van der Waals surface area contributed by atoms with Gasteiger partial charge in [0.2, 0.25) is 0 Å². The lowest BCUT2D eigenvalue weighted by molar-refractivity contribution is -0.0328. The maximum absolute atomic E-state index is 13.1. The smallest absolute Gasteiger partial charge is 0.321 e. The van der Waals surface area contributed by atoms with Gasteiger partial charge in [-0.2, -0.15) is 13.2 Å². The van der Waals surface area contributed by atoms with E-state index in [1.807, 2.05) is 20.1 Å². The quantitative estimate of drug-likeness (QED) is 0.485. The number of anilines is 1. The number of hydrogen-bond donors (Lipinski definition) is 1. The Morgan fingerprint density at radius 1 is 1.21 bits per heavy atom. The molecule has 0 aromatic heterocycles. The predicted octanol–water partition coefficient (Wildman–Crippen LogP) is 7.42. The normalized spacial score (nSPS) is 14.2. The first kappa shape index (κ1) is 21.4. The highest BCUT2D eigenvalue weighted by Gasteiger charge is 2.31. The highest BCUT2D eigenvalue weighted by Crippen LogP contribution is 2.45. The third-order valence-corrected chi connectivity index (χ3v) is 6.68. The lowest BCUT2D eigenvalue weighted by atomic mass is 9.95. The van der Waals surface area contributed by atoms with E-state index in [0.717, 1.165) is 34.4 Å². The monoisotopic (exact) mass is 445 g/mol. The Labute approximate surface area is 175 Å². The fourth-order valence-corrected chi connectivity index (χ4v) is 4.97. The molecule has 2 nitrogen and oxygen atoms in total. The second kappa shape index (κ2) is 8.20. The SMILES string of the molecule is CSc1c(C)cc(C2CC2)c(C(=O)Nc2ccc(SC(F)(F)F)cc2Cl)c1C. The van der Waals surface area contributed by atoms with Crippen LogP contribution in [0, 0.1) is 13.8 Å². The highest BCUT2D eigenvalue weighted by molar-refractivity contribution is 8.00. The van der Waals surface area contributed by atoms with Crippen molar-refractivity contribution in [2.24, 2.45) is 0 Å². The topological polar surface area (TPSA) is 29.1 Å². The third kappa shape index (κ3) is 4.81. The maximum atomic E-state index is 13.1. The number of thioether (sulfide) groups is 2. The number of hydrogen-bond acceptors (Lipinski definition) is 3. The molecule has 150 valence electrons. The van der Waals surface area contributed by atoms with Gasteiger partial charge in [-0.25, -0.2) is 0 Å². The second-order valence-electron chi connectivity index (χ2n) is 6.73. The van der Waals surface area contributed by atoms with Crippen LogP contribution in [-0.4, -0.2) is 17.7 Å². The molecule has 3 rings (SSSR count). The number of benzene rings is 2. The number of alkyl halides is 3. The summed E-state index contributed by atoms with van der Waals surface area (Å²) in [5, 5.41) is 2.86. The summed E-state index contributed by atoms with van der Waals surface area (Å²) in [6.07, 6.45) is 4.09. The summed E-state index contributed by atoms with van der Waals surface area (Å²) in [5.41, 5.74) is -0.346. The van der Waals surface area contributed by atoms with Crippen LogP contribution in [0.3, 0.4) is 0 Å². The fourth-order valence-electron chi connectivity index (χ4n) is 3.31. The first-order valence-electron chi connectivity index (χ1n) is 8.65. The number of nitrogens with one attached hydrogen (secondary N) is 1. The van der Waals surface area contributed by atoms with Gasteiger partial charge >= 0.3 is 5.51 Å². The van der Waals surface area contributed by atoms with E-state index >= 15 is 0 Å². The van der Waals surface area contributed by atoms with Gasteiger partial charge in [-0.05, 0) is 85.5 Å². The first-order valence-corrected chi connectivity index (χ1v) is 11.1. The molecule has 1 amide bonds. The van der Waals surface area contributed by atoms with Crippen molar-refractivity contribution in [1.82, 2.24) is 0 Å². The van der Waals surface area contributed by atoms with Crippen molar-refractivity contribution in [3.05, 3.63) is 51.5 Å². The zero-order valence-electron chi connectivity index (χ0n) is 15.5. The molecule has 1 aliphatic rings. The van der Waals surface area contributed by atoms with Gasteiger partial charge in [-0.3, -0.25) is 4.79 Å². The molecule has 0 heterocycles. The lowest BCUT2D eigenvalue weighted by Crippen LogP contribution is -2.17. The summed E-state index contributed by atoms with van der Waals surface area (Å²) in [6.45, 7) is 3.98. The zero-order valence-corrected chi connectivity index (χ0v) is 17.9. The van der Waals surface area contributed by atoms with Crippen molar-refractivity contribution in [2.45, 2.75) is 47.9 Å². The molecule has 8 heteroatoms. The van der Waals surface area contributed by atoms with Gasteiger partial charge in [0.05, 0.1) is 10.7 Å². The van der Waals surface area contributed by atoms with Crippen molar-refractivity contribution in [3.63, 3.8) is 0 Å². The summed E-state index contributed by atoms with van der Waals surface area (Å²) in [7, 11) is 0. The fraction of sp³-hybridized carbons (Fsp3) is 0.350. The third-order valence-electron chi connectivity index (χ3n) is 4.61. The van der Waals surface area contributed by atoms with Crippen LogP contribution in [0.25, 0.3) is 0 Å². The molecule has 0 spiro atoms.